The molecule has 2 aromatic rings. The van der Waals surface area contributed by atoms with Crippen molar-refractivity contribution in [2.24, 2.45) is 5.73 Å². The van der Waals surface area contributed by atoms with Crippen molar-refractivity contribution in [2.45, 2.75) is 19.4 Å². The third kappa shape index (κ3) is 2.57. The van der Waals surface area contributed by atoms with Gasteiger partial charge in [-0.1, -0.05) is 11.6 Å². The fourth-order valence-corrected chi connectivity index (χ4v) is 3.22. The Morgan fingerprint density at radius 3 is 3.10 bits per heavy atom. The topological polar surface area (TPSA) is 65.2 Å². The number of hydrogen-bond donors (Lipinski definition) is 1. The lowest BCUT2D eigenvalue weighted by molar-refractivity contribution is 0.0988. The van der Waals surface area contributed by atoms with Crippen molar-refractivity contribution < 1.29 is 9.53 Å². The zero-order chi connectivity index (χ0) is 14.1. The van der Waals surface area contributed by atoms with Crippen LogP contribution < -0.4 is 10.5 Å². The van der Waals surface area contributed by atoms with E-state index in [2.05, 4.69) is 4.98 Å². The third-order valence-electron chi connectivity index (χ3n) is 3.19. The summed E-state index contributed by atoms with van der Waals surface area (Å²) < 4.78 is 5.60. The van der Waals surface area contributed by atoms with Crippen LogP contribution in [0.3, 0.4) is 0 Å². The zero-order valence-electron chi connectivity index (χ0n) is 10.7. The van der Waals surface area contributed by atoms with E-state index in [9.17, 15) is 4.79 Å². The lowest BCUT2D eigenvalue weighted by Crippen LogP contribution is -2.06. The van der Waals surface area contributed by atoms with Gasteiger partial charge in [-0.25, -0.2) is 4.98 Å². The summed E-state index contributed by atoms with van der Waals surface area (Å²) in [7, 11) is 0. The predicted octanol–water partition coefficient (Wildman–Crippen LogP) is 2.62. The molecular weight excluding hydrogens is 296 g/mol. The van der Waals surface area contributed by atoms with Crippen LogP contribution in [0.2, 0.25) is 5.02 Å². The smallest absolute Gasteiger partial charge is 0.186 e. The van der Waals surface area contributed by atoms with E-state index < -0.39 is 0 Å². The summed E-state index contributed by atoms with van der Waals surface area (Å²) in [5, 5.41) is 3.15. The zero-order valence-corrected chi connectivity index (χ0v) is 12.3. The number of ketones is 1. The molecule has 0 fully saturated rings. The van der Waals surface area contributed by atoms with E-state index in [1.165, 1.54) is 11.3 Å². The summed E-state index contributed by atoms with van der Waals surface area (Å²) in [5.74, 6) is 0.762. The molecule has 1 aromatic heterocycles. The number of carbonyl (C=O) groups is 1. The highest BCUT2D eigenvalue weighted by atomic mass is 35.5. The fourth-order valence-electron chi connectivity index (χ4n) is 2.27. The quantitative estimate of drug-likeness (QED) is 0.882. The van der Waals surface area contributed by atoms with Crippen LogP contribution in [-0.4, -0.2) is 17.4 Å². The van der Waals surface area contributed by atoms with Crippen LogP contribution in [0.4, 0.5) is 0 Å². The Morgan fingerprint density at radius 2 is 2.35 bits per heavy atom. The normalized spacial score (nSPS) is 13.1. The summed E-state index contributed by atoms with van der Waals surface area (Å²) >= 11 is 7.49. The van der Waals surface area contributed by atoms with E-state index >= 15 is 0 Å². The molecule has 6 heteroatoms. The Balaban J connectivity index is 1.86. The number of benzene rings is 1. The predicted molar refractivity (Wildman–Crippen MR) is 78.7 cm³/mol. The number of ether oxygens (including phenoxy) is 1. The summed E-state index contributed by atoms with van der Waals surface area (Å²) in [6.45, 7) is 0.999. The van der Waals surface area contributed by atoms with Crippen LogP contribution in [0.5, 0.6) is 5.75 Å². The highest BCUT2D eigenvalue weighted by Gasteiger charge is 2.20. The van der Waals surface area contributed by atoms with Gasteiger partial charge in [-0.2, -0.15) is 0 Å². The highest BCUT2D eigenvalue weighted by Crippen LogP contribution is 2.33. The van der Waals surface area contributed by atoms with E-state index in [0.29, 0.717) is 23.9 Å². The van der Waals surface area contributed by atoms with Crippen LogP contribution >= 0.6 is 22.9 Å². The summed E-state index contributed by atoms with van der Waals surface area (Å²) in [5.41, 5.74) is 7.87. The van der Waals surface area contributed by atoms with Crippen LogP contribution in [0.25, 0.3) is 0 Å². The Morgan fingerprint density at radius 1 is 1.50 bits per heavy atom. The molecule has 20 heavy (non-hydrogen) atoms. The molecule has 1 aliphatic rings. The molecule has 0 unspecified atom stereocenters. The first-order valence-electron chi connectivity index (χ1n) is 6.29. The first-order chi connectivity index (χ1) is 9.67. The number of nitrogens with zero attached hydrogens (tertiary/aromatic N) is 1. The summed E-state index contributed by atoms with van der Waals surface area (Å²) in [6.07, 6.45) is 1.09. The molecular formula is C14H13ClN2O2S. The molecule has 0 spiro atoms. The SMILES string of the molecule is NCc1nc(C(=O)Cc2cc(Cl)cc3c2OCC3)cs1. The van der Waals surface area contributed by atoms with Gasteiger partial charge < -0.3 is 10.5 Å². The molecule has 0 saturated heterocycles. The lowest BCUT2D eigenvalue weighted by atomic mass is 10.0. The van der Waals surface area contributed by atoms with E-state index in [1.807, 2.05) is 6.07 Å². The third-order valence-corrected chi connectivity index (χ3v) is 4.28. The standard InChI is InChI=1S/C14H13ClN2O2S/c15-10-3-8-1-2-19-14(8)9(4-10)5-12(18)11-7-20-13(6-16)17-11/h3-4,7H,1-2,5-6,16H2. The lowest BCUT2D eigenvalue weighted by Gasteiger charge is -2.07. The molecule has 1 aromatic carbocycles. The molecule has 0 aliphatic carbocycles. The van der Waals surface area contributed by atoms with Crippen molar-refractivity contribution in [1.82, 2.24) is 4.98 Å². The van der Waals surface area contributed by atoms with Crippen molar-refractivity contribution >= 4 is 28.7 Å². The molecule has 4 nitrogen and oxygen atoms in total. The Kier molecular flexibility index (Phi) is 3.74. The highest BCUT2D eigenvalue weighted by molar-refractivity contribution is 7.09. The number of rotatable bonds is 4. The van der Waals surface area contributed by atoms with Gasteiger partial charge in [0.2, 0.25) is 0 Å². The molecule has 2 N–H and O–H groups in total. The minimum Gasteiger partial charge on any atom is -0.493 e. The minimum absolute atomic E-state index is 0.0408. The Bertz CT molecular complexity index is 669. The summed E-state index contributed by atoms with van der Waals surface area (Å²) in [4.78, 5) is 16.5. The van der Waals surface area contributed by atoms with Crippen molar-refractivity contribution in [2.75, 3.05) is 6.61 Å². The fraction of sp³-hybridized carbons (Fsp3) is 0.286. The second kappa shape index (κ2) is 5.52. The van der Waals surface area contributed by atoms with Crippen LogP contribution in [0.15, 0.2) is 17.5 Å². The molecule has 0 bridgehead atoms. The number of fused-ring (bicyclic) bond motifs is 1. The van der Waals surface area contributed by atoms with Crippen LogP contribution in [0.1, 0.15) is 26.6 Å². The van der Waals surface area contributed by atoms with Crippen molar-refractivity contribution in [1.29, 1.82) is 0 Å². The van der Waals surface area contributed by atoms with Gasteiger partial charge in [-0.15, -0.1) is 11.3 Å². The maximum Gasteiger partial charge on any atom is 0.186 e. The monoisotopic (exact) mass is 308 g/mol. The molecule has 3 rings (SSSR count). The Hall–Kier alpha value is -1.43. The van der Waals surface area contributed by atoms with Crippen molar-refractivity contribution in [3.8, 4) is 5.75 Å². The molecule has 0 atom stereocenters. The van der Waals surface area contributed by atoms with Gasteiger partial charge in [0.05, 0.1) is 6.61 Å². The van der Waals surface area contributed by atoms with Gasteiger partial charge in [0.25, 0.3) is 0 Å². The maximum absolute atomic E-state index is 12.3. The number of thiazole rings is 1. The average molecular weight is 309 g/mol. The number of aromatic nitrogens is 1. The number of nitrogens with two attached hydrogens (primary N) is 1. The van der Waals surface area contributed by atoms with Gasteiger partial charge in [-0.05, 0) is 17.7 Å². The van der Waals surface area contributed by atoms with Gasteiger partial charge in [0.15, 0.2) is 5.78 Å². The number of Topliss-reactive ketones (excluding diaryl/α,β-unsaturated/α-hetero) is 1. The van der Waals surface area contributed by atoms with Crippen molar-refractivity contribution in [3.05, 3.63) is 44.4 Å². The molecule has 1 aliphatic heterocycles. The Labute approximate surface area is 125 Å². The van der Waals surface area contributed by atoms with Crippen LogP contribution in [-0.2, 0) is 19.4 Å². The number of carbonyl (C=O) groups excluding carboxylic acids is 1. The molecule has 2 heterocycles. The number of hydrogen-bond acceptors (Lipinski definition) is 5. The van der Waals surface area contributed by atoms with Gasteiger partial charge in [0.1, 0.15) is 16.5 Å². The van der Waals surface area contributed by atoms with Crippen LogP contribution in [0, 0.1) is 0 Å². The van der Waals surface area contributed by atoms with E-state index in [4.69, 9.17) is 22.1 Å². The second-order valence-corrected chi connectivity index (χ2v) is 5.96. The van der Waals surface area contributed by atoms with Gasteiger partial charge >= 0.3 is 0 Å². The molecule has 0 radical (unpaired) electrons. The summed E-state index contributed by atoms with van der Waals surface area (Å²) in [6, 6.07) is 3.69. The largest absolute Gasteiger partial charge is 0.493 e. The van der Waals surface area contributed by atoms with Gasteiger partial charge in [-0.3, -0.25) is 4.79 Å². The van der Waals surface area contributed by atoms with E-state index in [1.54, 1.807) is 11.4 Å². The van der Waals surface area contributed by atoms with Gasteiger partial charge in [0, 0.05) is 35.4 Å². The molecule has 104 valence electrons. The first kappa shape index (κ1) is 13.5. The van der Waals surface area contributed by atoms with Crippen molar-refractivity contribution in [3.63, 3.8) is 0 Å². The molecule has 0 saturated carbocycles. The first-order valence-corrected chi connectivity index (χ1v) is 7.55. The average Bonchev–Trinajstić information content (AvgIpc) is 3.06. The maximum atomic E-state index is 12.3. The molecule has 0 amide bonds. The second-order valence-electron chi connectivity index (χ2n) is 4.58. The van der Waals surface area contributed by atoms with E-state index in [0.717, 1.165) is 28.3 Å². The van der Waals surface area contributed by atoms with E-state index in [-0.39, 0.29) is 12.2 Å². The minimum atomic E-state index is -0.0408. The number of halogens is 1.